The van der Waals surface area contributed by atoms with Crippen molar-refractivity contribution in [3.05, 3.63) is 101 Å². The normalized spacial score (nSPS) is 14.0. The molecule has 0 spiro atoms. The topological polar surface area (TPSA) is 68.5 Å². The number of nitrogens with zero attached hydrogens (tertiary/aromatic N) is 2. The molecule has 39 heavy (non-hydrogen) atoms. The maximum Gasteiger partial charge on any atom is 0.266 e. The SMILES string of the molecule is COc1ccc(-c2cc(-c3ccccc3)nc3sc(C(=O)N4CCC(Cc5ccccc5)CC4)c(N)c23)cc1. The number of rotatable bonds is 6. The molecule has 6 rings (SSSR count). The Labute approximate surface area is 232 Å². The molecule has 1 aliphatic heterocycles. The molecule has 3 aromatic carbocycles. The van der Waals surface area contributed by atoms with Crippen molar-refractivity contribution in [3.63, 3.8) is 0 Å². The summed E-state index contributed by atoms with van der Waals surface area (Å²) in [5.41, 5.74) is 12.5. The van der Waals surface area contributed by atoms with E-state index in [9.17, 15) is 4.79 Å². The average Bonchev–Trinajstić information content (AvgIpc) is 3.34. The van der Waals surface area contributed by atoms with E-state index in [1.54, 1.807) is 7.11 Å². The number of amides is 1. The summed E-state index contributed by atoms with van der Waals surface area (Å²) in [7, 11) is 1.66. The number of aromatic nitrogens is 1. The van der Waals surface area contributed by atoms with Crippen LogP contribution in [0.4, 0.5) is 5.69 Å². The lowest BCUT2D eigenvalue weighted by molar-refractivity contribution is 0.0696. The third-order valence-corrected chi connectivity index (χ3v) is 8.72. The van der Waals surface area contributed by atoms with E-state index in [0.29, 0.717) is 16.5 Å². The molecule has 6 heteroatoms. The van der Waals surface area contributed by atoms with E-state index in [2.05, 4.69) is 48.5 Å². The highest BCUT2D eigenvalue weighted by Gasteiger charge is 2.28. The van der Waals surface area contributed by atoms with Crippen molar-refractivity contribution in [2.24, 2.45) is 5.92 Å². The summed E-state index contributed by atoms with van der Waals surface area (Å²) >= 11 is 1.40. The standard InChI is InChI=1S/C33H31N3O2S/c1-38-26-14-12-24(13-15-26)27-21-28(25-10-6-3-7-11-25)35-32-29(27)30(34)31(39-32)33(37)36-18-16-23(17-19-36)20-22-8-4-2-5-9-22/h2-15,21,23H,16-20,34H2,1H3. The number of benzene rings is 3. The number of fused-ring (bicyclic) bond motifs is 1. The smallest absolute Gasteiger partial charge is 0.266 e. The van der Waals surface area contributed by atoms with Gasteiger partial charge >= 0.3 is 0 Å². The van der Waals surface area contributed by atoms with Crippen molar-refractivity contribution in [1.29, 1.82) is 0 Å². The number of methoxy groups -OCH3 is 1. The van der Waals surface area contributed by atoms with Gasteiger partial charge in [-0.25, -0.2) is 4.98 Å². The molecule has 0 aliphatic carbocycles. The number of anilines is 1. The average molecular weight is 534 g/mol. The van der Waals surface area contributed by atoms with Gasteiger partial charge in [0.05, 0.1) is 18.5 Å². The lowest BCUT2D eigenvalue weighted by Gasteiger charge is -2.32. The molecule has 2 N–H and O–H groups in total. The molecule has 1 saturated heterocycles. The van der Waals surface area contributed by atoms with Crippen molar-refractivity contribution in [1.82, 2.24) is 9.88 Å². The minimum Gasteiger partial charge on any atom is -0.497 e. The summed E-state index contributed by atoms with van der Waals surface area (Å²) in [4.78, 5) is 22.1. The fraction of sp³-hybridized carbons (Fsp3) is 0.212. The lowest BCUT2D eigenvalue weighted by Crippen LogP contribution is -2.38. The third-order valence-electron chi connectivity index (χ3n) is 7.63. The van der Waals surface area contributed by atoms with Gasteiger partial charge in [0.15, 0.2) is 0 Å². The van der Waals surface area contributed by atoms with Gasteiger partial charge in [0.1, 0.15) is 15.5 Å². The van der Waals surface area contributed by atoms with Gasteiger partial charge in [-0.3, -0.25) is 4.79 Å². The van der Waals surface area contributed by atoms with E-state index < -0.39 is 0 Å². The van der Waals surface area contributed by atoms with Crippen LogP contribution in [0.1, 0.15) is 28.1 Å². The van der Waals surface area contributed by atoms with Gasteiger partial charge in [-0.1, -0.05) is 72.8 Å². The van der Waals surface area contributed by atoms with Gasteiger partial charge in [-0.15, -0.1) is 11.3 Å². The molecule has 1 fully saturated rings. The molecular formula is C33H31N3O2S. The highest BCUT2D eigenvalue weighted by molar-refractivity contribution is 7.21. The second-order valence-electron chi connectivity index (χ2n) is 10.1. The Balaban J connectivity index is 1.33. The Hall–Kier alpha value is -4.16. The molecule has 2 aromatic heterocycles. The Bertz CT molecular complexity index is 1590. The van der Waals surface area contributed by atoms with Crippen LogP contribution in [0, 0.1) is 5.92 Å². The number of carbonyl (C=O) groups is 1. The Morgan fingerprint density at radius 2 is 1.62 bits per heavy atom. The van der Waals surface area contributed by atoms with Crippen LogP contribution in [0.25, 0.3) is 32.6 Å². The zero-order valence-electron chi connectivity index (χ0n) is 22.0. The third kappa shape index (κ3) is 5.12. The molecule has 5 nitrogen and oxygen atoms in total. The molecule has 1 amide bonds. The molecule has 0 saturated carbocycles. The van der Waals surface area contributed by atoms with Crippen molar-refractivity contribution in [3.8, 4) is 28.1 Å². The summed E-state index contributed by atoms with van der Waals surface area (Å²) in [6.07, 6.45) is 3.06. The molecule has 5 aromatic rings. The largest absolute Gasteiger partial charge is 0.497 e. The predicted octanol–water partition coefficient (Wildman–Crippen LogP) is 7.32. The molecule has 0 unspecified atom stereocenters. The second kappa shape index (κ2) is 10.9. The molecule has 1 aliphatic rings. The van der Waals surface area contributed by atoms with Crippen molar-refractivity contribution in [2.45, 2.75) is 19.3 Å². The van der Waals surface area contributed by atoms with Gasteiger partial charge in [-0.2, -0.15) is 0 Å². The van der Waals surface area contributed by atoms with Gasteiger partial charge in [0.25, 0.3) is 5.91 Å². The number of pyridine rings is 1. The summed E-state index contributed by atoms with van der Waals surface area (Å²) < 4.78 is 5.37. The van der Waals surface area contributed by atoms with Crippen molar-refractivity contribution in [2.75, 3.05) is 25.9 Å². The Kier molecular flexibility index (Phi) is 7.03. The molecule has 0 bridgehead atoms. The number of hydrogen-bond acceptors (Lipinski definition) is 5. The number of nitrogen functional groups attached to an aromatic ring is 1. The zero-order valence-corrected chi connectivity index (χ0v) is 22.8. The second-order valence-corrected chi connectivity index (χ2v) is 11.1. The Morgan fingerprint density at radius 3 is 2.28 bits per heavy atom. The van der Waals surface area contributed by atoms with Crippen LogP contribution < -0.4 is 10.5 Å². The van der Waals surface area contributed by atoms with Gasteiger partial charge < -0.3 is 15.4 Å². The number of ether oxygens (including phenoxy) is 1. The molecule has 196 valence electrons. The first-order chi connectivity index (χ1) is 19.1. The highest BCUT2D eigenvalue weighted by atomic mass is 32.1. The van der Waals surface area contributed by atoms with Crippen LogP contribution in [-0.4, -0.2) is 36.0 Å². The fourth-order valence-corrected chi connectivity index (χ4v) is 6.55. The molecule has 3 heterocycles. The molecule has 0 atom stereocenters. The summed E-state index contributed by atoms with van der Waals surface area (Å²) in [5, 5.41) is 0.840. The monoisotopic (exact) mass is 533 g/mol. The first kappa shape index (κ1) is 25.1. The van der Waals surface area contributed by atoms with E-state index in [-0.39, 0.29) is 5.91 Å². The number of nitrogens with two attached hydrogens (primary N) is 1. The van der Waals surface area contributed by atoms with E-state index in [0.717, 1.165) is 70.7 Å². The number of hydrogen-bond donors (Lipinski definition) is 1. The fourth-order valence-electron chi connectivity index (χ4n) is 5.47. The minimum absolute atomic E-state index is 0.00982. The number of carbonyl (C=O) groups excluding carboxylic acids is 1. The van der Waals surface area contributed by atoms with Crippen LogP contribution in [0.3, 0.4) is 0 Å². The van der Waals surface area contributed by atoms with E-state index in [1.807, 2.05) is 47.4 Å². The quantitative estimate of drug-likeness (QED) is 0.248. The van der Waals surface area contributed by atoms with Gasteiger partial charge in [0, 0.05) is 24.0 Å². The van der Waals surface area contributed by atoms with Gasteiger partial charge in [0.2, 0.25) is 0 Å². The predicted molar refractivity (Wildman–Crippen MR) is 160 cm³/mol. The number of piperidine rings is 1. The van der Waals surface area contributed by atoms with Gasteiger partial charge in [-0.05, 0) is 60.1 Å². The van der Waals surface area contributed by atoms with E-state index in [1.165, 1.54) is 16.9 Å². The zero-order chi connectivity index (χ0) is 26.8. The maximum absolute atomic E-state index is 13.8. The van der Waals surface area contributed by atoms with E-state index in [4.69, 9.17) is 15.5 Å². The first-order valence-electron chi connectivity index (χ1n) is 13.4. The summed E-state index contributed by atoms with van der Waals surface area (Å²) in [6, 6.07) is 30.7. The summed E-state index contributed by atoms with van der Waals surface area (Å²) in [5.74, 6) is 1.39. The highest BCUT2D eigenvalue weighted by Crippen LogP contribution is 2.42. The molecule has 0 radical (unpaired) electrons. The molecular weight excluding hydrogens is 502 g/mol. The maximum atomic E-state index is 13.8. The van der Waals surface area contributed by atoms with Crippen molar-refractivity contribution < 1.29 is 9.53 Å². The van der Waals surface area contributed by atoms with Crippen LogP contribution in [0.2, 0.25) is 0 Å². The minimum atomic E-state index is 0.00982. The number of likely N-dealkylation sites (tertiary alicyclic amines) is 1. The summed E-state index contributed by atoms with van der Waals surface area (Å²) in [6.45, 7) is 1.50. The van der Waals surface area contributed by atoms with Crippen LogP contribution >= 0.6 is 11.3 Å². The van der Waals surface area contributed by atoms with Crippen LogP contribution in [-0.2, 0) is 6.42 Å². The number of thiophene rings is 1. The van der Waals surface area contributed by atoms with Crippen LogP contribution in [0.5, 0.6) is 5.75 Å². The lowest BCUT2D eigenvalue weighted by atomic mass is 9.90. The Morgan fingerprint density at radius 1 is 0.949 bits per heavy atom. The van der Waals surface area contributed by atoms with E-state index >= 15 is 0 Å². The first-order valence-corrected chi connectivity index (χ1v) is 14.2. The van der Waals surface area contributed by atoms with Crippen molar-refractivity contribution >= 4 is 33.1 Å². The van der Waals surface area contributed by atoms with Crippen LogP contribution in [0.15, 0.2) is 91.0 Å².